The van der Waals surface area contributed by atoms with Crippen molar-refractivity contribution >= 4 is 34.2 Å². The number of halogens is 3. The minimum absolute atomic E-state index is 0.301. The van der Waals surface area contributed by atoms with E-state index in [-0.39, 0.29) is 0 Å². The number of likely N-dealkylation sites (tertiary alicyclic amines) is 1. The summed E-state index contributed by atoms with van der Waals surface area (Å²) in [7, 11) is 2.10. The number of rotatable bonds is 6. The molecule has 1 aliphatic heterocycles. The molecule has 0 aliphatic carbocycles. The first-order valence-electron chi connectivity index (χ1n) is 11.2. The molecule has 0 amide bonds. The predicted octanol–water partition coefficient (Wildman–Crippen LogP) is 5.14. The van der Waals surface area contributed by atoms with E-state index >= 15 is 0 Å². The smallest absolute Gasteiger partial charge is 0.382 e. The van der Waals surface area contributed by atoms with Gasteiger partial charge in [-0.25, -0.2) is 0 Å². The topological polar surface area (TPSA) is 58.2 Å². The first-order chi connectivity index (χ1) is 16.3. The molecule has 4 rings (SSSR count). The third-order valence-corrected chi connectivity index (χ3v) is 6.49. The van der Waals surface area contributed by atoms with E-state index < -0.39 is 12.7 Å². The van der Waals surface area contributed by atoms with Crippen LogP contribution >= 0.6 is 11.9 Å². The van der Waals surface area contributed by atoms with E-state index in [4.69, 9.17) is 5.14 Å². The summed E-state index contributed by atoms with van der Waals surface area (Å²) >= 11 is 1.17. The Bertz CT molecular complexity index is 1170. The quantitative estimate of drug-likeness (QED) is 0.332. The summed E-state index contributed by atoms with van der Waals surface area (Å²) in [4.78, 5) is 3.23. The molecule has 180 valence electrons. The van der Waals surface area contributed by atoms with E-state index in [0.717, 1.165) is 47.6 Å². The molecule has 0 bridgehead atoms. The van der Waals surface area contributed by atoms with Crippen LogP contribution in [0.1, 0.15) is 18.5 Å². The molecule has 1 saturated heterocycles. The number of nitrogens with two attached hydrogens (primary N) is 1. The number of piperidine rings is 1. The van der Waals surface area contributed by atoms with Crippen LogP contribution in [0, 0.1) is 11.8 Å². The number of benzene rings is 2. The lowest BCUT2D eigenvalue weighted by Gasteiger charge is -2.30. The van der Waals surface area contributed by atoms with Crippen LogP contribution in [0.5, 0.6) is 0 Å². The molecular weight excluding hydrogens is 459 g/mol. The largest absolute Gasteiger partial charge is 0.406 e. The molecule has 0 radical (unpaired) electrons. The molecule has 1 aromatic heterocycles. The Hall–Kier alpha value is -2.80. The zero-order chi connectivity index (χ0) is 24.1. The van der Waals surface area contributed by atoms with E-state index in [1.54, 1.807) is 18.2 Å². The van der Waals surface area contributed by atoms with Crippen LogP contribution in [-0.4, -0.2) is 48.4 Å². The Morgan fingerprint density at radius 1 is 1.12 bits per heavy atom. The van der Waals surface area contributed by atoms with Gasteiger partial charge in [0.25, 0.3) is 0 Å². The molecule has 0 atom stereocenters. The minimum Gasteiger partial charge on any atom is -0.382 e. The average Bonchev–Trinajstić information content (AvgIpc) is 3.15. The number of hydrogen-bond donors (Lipinski definition) is 3. The number of hydrogen-bond acceptors (Lipinski definition) is 5. The van der Waals surface area contributed by atoms with Crippen LogP contribution in [0.25, 0.3) is 10.9 Å². The number of anilines is 2. The SMILES string of the molecule is CN1CCC(Nc2cccc3c2cc(C#CCNc2ccc(SN)cc2)n3CC(F)(F)F)CC1. The molecule has 2 aromatic carbocycles. The molecule has 3 aromatic rings. The molecule has 0 spiro atoms. The van der Waals surface area contributed by atoms with Gasteiger partial charge in [0.2, 0.25) is 0 Å². The molecule has 2 heterocycles. The van der Waals surface area contributed by atoms with E-state index in [2.05, 4.69) is 34.4 Å². The van der Waals surface area contributed by atoms with Crippen molar-refractivity contribution in [3.8, 4) is 11.8 Å². The van der Waals surface area contributed by atoms with Crippen LogP contribution in [0.4, 0.5) is 24.5 Å². The predicted molar refractivity (Wildman–Crippen MR) is 134 cm³/mol. The van der Waals surface area contributed by atoms with Gasteiger partial charge in [-0.1, -0.05) is 12.0 Å². The Morgan fingerprint density at radius 2 is 1.85 bits per heavy atom. The van der Waals surface area contributed by atoms with Crippen molar-refractivity contribution < 1.29 is 13.2 Å². The lowest BCUT2D eigenvalue weighted by molar-refractivity contribution is -0.140. The van der Waals surface area contributed by atoms with E-state index in [1.165, 1.54) is 16.5 Å². The van der Waals surface area contributed by atoms with Gasteiger partial charge in [-0.05, 0) is 93.3 Å². The Labute approximate surface area is 202 Å². The van der Waals surface area contributed by atoms with Crippen molar-refractivity contribution in [1.82, 2.24) is 9.47 Å². The highest BCUT2D eigenvalue weighted by Crippen LogP contribution is 2.31. The van der Waals surface area contributed by atoms with Crippen molar-refractivity contribution in [2.45, 2.75) is 36.5 Å². The van der Waals surface area contributed by atoms with Gasteiger partial charge < -0.3 is 20.1 Å². The van der Waals surface area contributed by atoms with Crippen molar-refractivity contribution in [3.63, 3.8) is 0 Å². The summed E-state index contributed by atoms with van der Waals surface area (Å²) in [5.74, 6) is 5.91. The molecule has 1 fully saturated rings. The maximum absolute atomic E-state index is 13.4. The first-order valence-corrected chi connectivity index (χ1v) is 12.0. The molecular formula is C25H28F3N5S. The van der Waals surface area contributed by atoms with E-state index in [0.29, 0.717) is 23.8 Å². The third-order valence-electron chi connectivity index (χ3n) is 5.95. The number of nitrogens with zero attached hydrogens (tertiary/aromatic N) is 2. The molecule has 0 saturated carbocycles. The van der Waals surface area contributed by atoms with Gasteiger partial charge in [-0.15, -0.1) is 0 Å². The number of aromatic nitrogens is 1. The number of alkyl halides is 3. The Morgan fingerprint density at radius 3 is 2.53 bits per heavy atom. The molecule has 1 aliphatic rings. The highest BCUT2D eigenvalue weighted by molar-refractivity contribution is 7.97. The lowest BCUT2D eigenvalue weighted by Crippen LogP contribution is -2.36. The standard InChI is InChI=1S/C25H28F3N5S/c1-32-14-11-19(12-15-32)31-23-5-2-6-24-22(23)16-20(33(24)17-25(26,27)28)4-3-13-30-18-7-9-21(34-29)10-8-18/h2,5-10,16,19,30-31H,11-15,17,29H2,1H3. The van der Waals surface area contributed by atoms with E-state index in [1.807, 2.05) is 30.3 Å². The number of fused-ring (bicyclic) bond motifs is 1. The summed E-state index contributed by atoms with van der Waals surface area (Å²) in [6.07, 6.45) is -2.35. The van der Waals surface area contributed by atoms with Crippen LogP contribution < -0.4 is 15.8 Å². The van der Waals surface area contributed by atoms with Crippen molar-refractivity contribution in [1.29, 1.82) is 0 Å². The van der Waals surface area contributed by atoms with Crippen molar-refractivity contribution in [3.05, 3.63) is 54.2 Å². The molecule has 34 heavy (non-hydrogen) atoms. The first kappa shape index (κ1) is 24.3. The normalized spacial score (nSPS) is 15.2. The Kier molecular flexibility index (Phi) is 7.61. The van der Waals surface area contributed by atoms with Crippen LogP contribution in [-0.2, 0) is 6.54 Å². The maximum Gasteiger partial charge on any atom is 0.406 e. The van der Waals surface area contributed by atoms with Gasteiger partial charge in [0, 0.05) is 27.7 Å². The van der Waals surface area contributed by atoms with Gasteiger partial charge >= 0.3 is 6.18 Å². The zero-order valence-electron chi connectivity index (χ0n) is 19.0. The molecule has 0 unspecified atom stereocenters. The fourth-order valence-electron chi connectivity index (χ4n) is 4.17. The Balaban J connectivity index is 1.57. The summed E-state index contributed by atoms with van der Waals surface area (Å²) in [5.41, 5.74) is 2.60. The minimum atomic E-state index is -4.35. The summed E-state index contributed by atoms with van der Waals surface area (Å²) in [5, 5.41) is 13.0. The average molecular weight is 488 g/mol. The van der Waals surface area contributed by atoms with Crippen LogP contribution in [0.2, 0.25) is 0 Å². The van der Waals surface area contributed by atoms with Gasteiger partial charge in [0.1, 0.15) is 6.54 Å². The summed E-state index contributed by atoms with van der Waals surface area (Å²) in [6, 6.07) is 15.1. The van der Waals surface area contributed by atoms with Crippen LogP contribution in [0.15, 0.2) is 53.4 Å². The van der Waals surface area contributed by atoms with Crippen LogP contribution in [0.3, 0.4) is 0 Å². The van der Waals surface area contributed by atoms with Crippen molar-refractivity contribution in [2.75, 3.05) is 37.3 Å². The molecule has 5 nitrogen and oxygen atoms in total. The molecule has 4 N–H and O–H groups in total. The second kappa shape index (κ2) is 10.6. The van der Waals surface area contributed by atoms with E-state index in [9.17, 15) is 13.2 Å². The fourth-order valence-corrected chi connectivity index (χ4v) is 4.46. The second-order valence-electron chi connectivity index (χ2n) is 8.49. The highest BCUT2D eigenvalue weighted by Gasteiger charge is 2.30. The summed E-state index contributed by atoms with van der Waals surface area (Å²) < 4.78 is 41.4. The van der Waals surface area contributed by atoms with Crippen molar-refractivity contribution in [2.24, 2.45) is 5.14 Å². The summed E-state index contributed by atoms with van der Waals surface area (Å²) in [6.45, 7) is 1.23. The third kappa shape index (κ3) is 6.20. The number of nitrogens with one attached hydrogen (secondary N) is 2. The monoisotopic (exact) mass is 487 g/mol. The van der Waals surface area contributed by atoms with Gasteiger partial charge in [-0.2, -0.15) is 13.2 Å². The maximum atomic E-state index is 13.4. The van der Waals surface area contributed by atoms with Gasteiger partial charge in [0.15, 0.2) is 0 Å². The van der Waals surface area contributed by atoms with Gasteiger partial charge in [0.05, 0.1) is 17.8 Å². The lowest BCUT2D eigenvalue weighted by atomic mass is 10.0. The zero-order valence-corrected chi connectivity index (χ0v) is 19.8. The highest BCUT2D eigenvalue weighted by atomic mass is 32.2. The fraction of sp³-hybridized carbons (Fsp3) is 0.360. The van der Waals surface area contributed by atoms with Gasteiger partial charge in [-0.3, -0.25) is 5.14 Å². The molecule has 9 heteroatoms. The second-order valence-corrected chi connectivity index (χ2v) is 9.20.